The molecule has 1 aromatic heterocycles. The predicted molar refractivity (Wildman–Crippen MR) is 81.6 cm³/mol. The van der Waals surface area contributed by atoms with Gasteiger partial charge < -0.3 is 10.8 Å². The van der Waals surface area contributed by atoms with Gasteiger partial charge in [0.05, 0.1) is 18.0 Å². The van der Waals surface area contributed by atoms with Gasteiger partial charge in [-0.25, -0.2) is 4.68 Å². The highest BCUT2D eigenvalue weighted by Crippen LogP contribution is 2.34. The summed E-state index contributed by atoms with van der Waals surface area (Å²) in [6.07, 6.45) is 5.85. The number of amides is 1. The Hall–Kier alpha value is -2.21. The van der Waals surface area contributed by atoms with Gasteiger partial charge in [-0.05, 0) is 37.1 Å². The molecule has 1 amide bonds. The summed E-state index contributed by atoms with van der Waals surface area (Å²) in [5.41, 5.74) is 8.20. The number of carbonyl (C=O) groups is 1. The van der Waals surface area contributed by atoms with Crippen molar-refractivity contribution in [2.75, 3.05) is 0 Å². The van der Waals surface area contributed by atoms with Crippen molar-refractivity contribution in [2.45, 2.75) is 44.6 Å². The molecule has 1 saturated carbocycles. The summed E-state index contributed by atoms with van der Waals surface area (Å²) >= 11 is 0. The van der Waals surface area contributed by atoms with Crippen molar-refractivity contribution in [2.24, 2.45) is 5.73 Å². The molecule has 22 heavy (non-hydrogen) atoms. The van der Waals surface area contributed by atoms with Crippen LogP contribution in [0, 0.1) is 0 Å². The molecule has 6 heteroatoms. The second kappa shape index (κ2) is 6.27. The number of aliphatic hydroxyl groups excluding tert-OH is 1. The molecule has 1 fully saturated rings. The highest BCUT2D eigenvalue weighted by Gasteiger charge is 2.24. The van der Waals surface area contributed by atoms with Crippen molar-refractivity contribution >= 4 is 5.91 Å². The van der Waals surface area contributed by atoms with Gasteiger partial charge in [0, 0.05) is 11.5 Å². The van der Waals surface area contributed by atoms with Crippen molar-refractivity contribution in [3.05, 3.63) is 41.2 Å². The van der Waals surface area contributed by atoms with Gasteiger partial charge in [-0.2, -0.15) is 0 Å². The second-order valence-corrected chi connectivity index (χ2v) is 5.74. The van der Waals surface area contributed by atoms with Gasteiger partial charge in [-0.1, -0.05) is 24.5 Å². The molecule has 6 nitrogen and oxygen atoms in total. The number of nitrogens with two attached hydrogens (primary N) is 1. The first-order chi connectivity index (χ1) is 10.7. The van der Waals surface area contributed by atoms with Crippen molar-refractivity contribution in [3.8, 4) is 5.69 Å². The van der Waals surface area contributed by atoms with Gasteiger partial charge >= 0.3 is 0 Å². The van der Waals surface area contributed by atoms with Crippen LogP contribution in [0.3, 0.4) is 0 Å². The summed E-state index contributed by atoms with van der Waals surface area (Å²) in [6.45, 7) is -0.106. The molecule has 1 heterocycles. The Morgan fingerprint density at radius 1 is 1.23 bits per heavy atom. The monoisotopic (exact) mass is 300 g/mol. The van der Waals surface area contributed by atoms with Crippen LogP contribution >= 0.6 is 0 Å². The lowest BCUT2D eigenvalue weighted by Gasteiger charge is -2.23. The van der Waals surface area contributed by atoms with Crippen LogP contribution in [-0.2, 0) is 6.61 Å². The molecule has 0 saturated heterocycles. The minimum atomic E-state index is -0.450. The van der Waals surface area contributed by atoms with E-state index >= 15 is 0 Å². The maximum absolute atomic E-state index is 11.2. The summed E-state index contributed by atoms with van der Waals surface area (Å²) in [6, 6.07) is 6.98. The molecular weight excluding hydrogens is 280 g/mol. The van der Waals surface area contributed by atoms with E-state index in [2.05, 4.69) is 10.3 Å². The molecule has 116 valence electrons. The van der Waals surface area contributed by atoms with Gasteiger partial charge in [0.15, 0.2) is 0 Å². The van der Waals surface area contributed by atoms with Crippen LogP contribution in [0.5, 0.6) is 0 Å². The number of aromatic nitrogens is 3. The highest BCUT2D eigenvalue weighted by atomic mass is 16.3. The first kappa shape index (κ1) is 14.7. The normalized spacial score (nSPS) is 15.9. The summed E-state index contributed by atoms with van der Waals surface area (Å²) in [4.78, 5) is 11.2. The number of hydrogen-bond acceptors (Lipinski definition) is 4. The largest absolute Gasteiger partial charge is 0.390 e. The molecule has 3 rings (SSSR count). The summed E-state index contributed by atoms with van der Waals surface area (Å²) in [7, 11) is 0. The fourth-order valence-electron chi connectivity index (χ4n) is 3.18. The summed E-state index contributed by atoms with van der Waals surface area (Å²) in [5, 5.41) is 17.9. The molecule has 0 unspecified atom stereocenters. The predicted octanol–water partition coefficient (Wildman–Crippen LogP) is 1.91. The molecule has 0 spiro atoms. The van der Waals surface area contributed by atoms with Gasteiger partial charge in [-0.3, -0.25) is 4.79 Å². The van der Waals surface area contributed by atoms with E-state index in [0.29, 0.717) is 17.2 Å². The smallest absolute Gasteiger partial charge is 0.248 e. The van der Waals surface area contributed by atoms with Gasteiger partial charge in [0.25, 0.3) is 0 Å². The standard InChI is InChI=1S/C16H20N4O2/c17-16(22)12-6-8-13(9-7-12)20-15(14(10-21)18-19-20)11-4-2-1-3-5-11/h6-9,11,21H,1-5,10H2,(H2,17,22). The lowest BCUT2D eigenvalue weighted by Crippen LogP contribution is -2.14. The number of hydrogen-bond donors (Lipinski definition) is 2. The lowest BCUT2D eigenvalue weighted by molar-refractivity contribution is 0.100. The Kier molecular flexibility index (Phi) is 4.20. The molecule has 1 aromatic carbocycles. The van der Waals surface area contributed by atoms with E-state index in [0.717, 1.165) is 24.2 Å². The zero-order chi connectivity index (χ0) is 15.5. The Labute approximate surface area is 128 Å². The highest BCUT2D eigenvalue weighted by molar-refractivity contribution is 5.92. The SMILES string of the molecule is NC(=O)c1ccc(-n2nnc(CO)c2C2CCCCC2)cc1. The quantitative estimate of drug-likeness (QED) is 0.901. The third-order valence-corrected chi connectivity index (χ3v) is 4.32. The van der Waals surface area contributed by atoms with Crippen LogP contribution < -0.4 is 5.73 Å². The molecule has 0 aliphatic heterocycles. The van der Waals surface area contributed by atoms with Crippen LogP contribution in [-0.4, -0.2) is 26.0 Å². The Balaban J connectivity index is 1.99. The third-order valence-electron chi connectivity index (χ3n) is 4.32. The van der Waals surface area contributed by atoms with E-state index in [1.807, 2.05) is 12.1 Å². The Morgan fingerprint density at radius 2 is 1.91 bits per heavy atom. The molecule has 0 radical (unpaired) electrons. The Bertz CT molecular complexity index is 657. The fourth-order valence-corrected chi connectivity index (χ4v) is 3.18. The maximum Gasteiger partial charge on any atom is 0.248 e. The van der Waals surface area contributed by atoms with Gasteiger partial charge in [0.2, 0.25) is 5.91 Å². The zero-order valence-corrected chi connectivity index (χ0v) is 12.4. The van der Waals surface area contributed by atoms with E-state index in [1.165, 1.54) is 19.3 Å². The summed E-state index contributed by atoms with van der Waals surface area (Å²) < 4.78 is 1.78. The van der Waals surface area contributed by atoms with E-state index < -0.39 is 5.91 Å². The van der Waals surface area contributed by atoms with Gasteiger partial charge in [-0.15, -0.1) is 5.10 Å². The van der Waals surface area contributed by atoms with Crippen molar-refractivity contribution in [3.63, 3.8) is 0 Å². The first-order valence-corrected chi connectivity index (χ1v) is 7.66. The number of benzene rings is 1. The van der Waals surface area contributed by atoms with E-state index in [-0.39, 0.29) is 6.61 Å². The minimum Gasteiger partial charge on any atom is -0.390 e. The average molecular weight is 300 g/mol. The lowest BCUT2D eigenvalue weighted by atomic mass is 9.86. The molecule has 1 aliphatic carbocycles. The van der Waals surface area contributed by atoms with E-state index in [1.54, 1.807) is 16.8 Å². The van der Waals surface area contributed by atoms with E-state index in [4.69, 9.17) is 5.73 Å². The summed E-state index contributed by atoms with van der Waals surface area (Å²) in [5.74, 6) is -0.0737. The molecule has 0 atom stereocenters. The number of primary amides is 1. The average Bonchev–Trinajstić information content (AvgIpc) is 2.99. The molecular formula is C16H20N4O2. The zero-order valence-electron chi connectivity index (χ0n) is 12.4. The van der Waals surface area contributed by atoms with Crippen LogP contribution in [0.2, 0.25) is 0 Å². The number of carbonyl (C=O) groups excluding carboxylic acids is 1. The Morgan fingerprint density at radius 3 is 2.50 bits per heavy atom. The van der Waals surface area contributed by atoms with Crippen molar-refractivity contribution in [1.82, 2.24) is 15.0 Å². The number of rotatable bonds is 4. The fraction of sp³-hybridized carbons (Fsp3) is 0.438. The molecule has 3 N–H and O–H groups in total. The maximum atomic E-state index is 11.2. The molecule has 0 bridgehead atoms. The van der Waals surface area contributed by atoms with Gasteiger partial charge in [0.1, 0.15) is 5.69 Å². The van der Waals surface area contributed by atoms with Crippen LogP contribution in [0.15, 0.2) is 24.3 Å². The van der Waals surface area contributed by atoms with Crippen molar-refractivity contribution in [1.29, 1.82) is 0 Å². The second-order valence-electron chi connectivity index (χ2n) is 5.74. The third kappa shape index (κ3) is 2.74. The number of nitrogens with zero attached hydrogens (tertiary/aromatic N) is 3. The molecule has 1 aliphatic rings. The number of aliphatic hydroxyl groups is 1. The first-order valence-electron chi connectivity index (χ1n) is 7.66. The van der Waals surface area contributed by atoms with Crippen LogP contribution in [0.25, 0.3) is 5.69 Å². The molecule has 2 aromatic rings. The topological polar surface area (TPSA) is 94.0 Å². The van der Waals surface area contributed by atoms with Crippen molar-refractivity contribution < 1.29 is 9.90 Å². The van der Waals surface area contributed by atoms with Crippen LogP contribution in [0.1, 0.15) is 59.8 Å². The van der Waals surface area contributed by atoms with E-state index in [9.17, 15) is 9.90 Å². The minimum absolute atomic E-state index is 0.106. The van der Waals surface area contributed by atoms with Crippen LogP contribution in [0.4, 0.5) is 0 Å².